The number of anilines is 1. The van der Waals surface area contributed by atoms with Gasteiger partial charge in [0.1, 0.15) is 5.69 Å². The number of aromatic nitrogens is 4. The van der Waals surface area contributed by atoms with Crippen LogP contribution in [0.3, 0.4) is 0 Å². The van der Waals surface area contributed by atoms with Crippen LogP contribution in [0.5, 0.6) is 0 Å². The van der Waals surface area contributed by atoms with E-state index in [0.717, 1.165) is 0 Å². The minimum absolute atomic E-state index is 0.210. The third kappa shape index (κ3) is 1.74. The van der Waals surface area contributed by atoms with Crippen molar-refractivity contribution in [1.29, 1.82) is 0 Å². The molecule has 0 bridgehead atoms. The van der Waals surface area contributed by atoms with E-state index in [1.165, 1.54) is 0 Å². The van der Waals surface area contributed by atoms with Gasteiger partial charge in [-0.3, -0.25) is 4.98 Å². The Kier molecular flexibility index (Phi) is 2.19. The molecular weight excluding hydrogens is 198 g/mol. The summed E-state index contributed by atoms with van der Waals surface area (Å²) in [6, 6.07) is 5.49. The number of rotatable bonds is 1. The van der Waals surface area contributed by atoms with Gasteiger partial charge in [0, 0.05) is 6.20 Å². The zero-order valence-corrected chi connectivity index (χ0v) is 7.95. The largest absolute Gasteiger partial charge is 0.369 e. The zero-order chi connectivity index (χ0) is 9.97. The maximum absolute atomic E-state index is 5.50. The SMILES string of the molecule is Nc1nc(=S)nc(-c2ccccn2)[nH]1. The number of H-pyrrole nitrogens is 1. The van der Waals surface area contributed by atoms with Crippen molar-refractivity contribution in [3.8, 4) is 11.5 Å². The first-order chi connectivity index (χ1) is 6.75. The topological polar surface area (TPSA) is 80.5 Å². The second kappa shape index (κ2) is 3.51. The molecule has 0 amide bonds. The summed E-state index contributed by atoms with van der Waals surface area (Å²) in [6.45, 7) is 0. The Hall–Kier alpha value is -1.82. The molecular formula is C8H7N5S. The average molecular weight is 205 g/mol. The lowest BCUT2D eigenvalue weighted by molar-refractivity contribution is 1.04. The molecule has 0 fully saturated rings. The first-order valence-electron chi connectivity index (χ1n) is 3.91. The van der Waals surface area contributed by atoms with Crippen molar-refractivity contribution in [2.75, 3.05) is 5.73 Å². The fourth-order valence-electron chi connectivity index (χ4n) is 1.03. The van der Waals surface area contributed by atoms with E-state index in [0.29, 0.717) is 11.5 Å². The van der Waals surface area contributed by atoms with Crippen LogP contribution in [0, 0.1) is 4.77 Å². The van der Waals surface area contributed by atoms with Crippen molar-refractivity contribution in [2.24, 2.45) is 0 Å². The van der Waals surface area contributed by atoms with Crippen molar-refractivity contribution >= 4 is 18.2 Å². The van der Waals surface area contributed by atoms with Gasteiger partial charge in [-0.05, 0) is 24.4 Å². The van der Waals surface area contributed by atoms with Gasteiger partial charge in [-0.1, -0.05) is 6.07 Å². The highest BCUT2D eigenvalue weighted by molar-refractivity contribution is 7.71. The van der Waals surface area contributed by atoms with Crippen LogP contribution in [-0.2, 0) is 0 Å². The van der Waals surface area contributed by atoms with Crippen molar-refractivity contribution in [2.45, 2.75) is 0 Å². The molecule has 3 N–H and O–H groups in total. The highest BCUT2D eigenvalue weighted by Gasteiger charge is 2.01. The molecule has 6 heteroatoms. The van der Waals surface area contributed by atoms with E-state index in [-0.39, 0.29) is 10.7 Å². The number of nitrogen functional groups attached to an aromatic ring is 1. The van der Waals surface area contributed by atoms with Crippen molar-refractivity contribution in [3.05, 3.63) is 29.2 Å². The number of nitrogens with one attached hydrogen (secondary N) is 1. The molecule has 2 aromatic heterocycles. The minimum atomic E-state index is 0.210. The van der Waals surface area contributed by atoms with E-state index in [2.05, 4.69) is 19.9 Å². The Balaban J connectivity index is 2.58. The predicted molar refractivity (Wildman–Crippen MR) is 54.9 cm³/mol. The molecule has 0 saturated carbocycles. The summed E-state index contributed by atoms with van der Waals surface area (Å²) in [6.07, 6.45) is 1.67. The molecule has 0 aliphatic heterocycles. The molecule has 0 aliphatic rings. The molecule has 0 atom stereocenters. The second-order valence-electron chi connectivity index (χ2n) is 2.58. The minimum Gasteiger partial charge on any atom is -0.369 e. The van der Waals surface area contributed by atoms with Crippen LogP contribution in [0.15, 0.2) is 24.4 Å². The number of hydrogen-bond donors (Lipinski definition) is 2. The normalized spacial score (nSPS) is 10.0. The summed E-state index contributed by atoms with van der Waals surface area (Å²) in [5.74, 6) is 0.772. The van der Waals surface area contributed by atoms with Crippen molar-refractivity contribution < 1.29 is 0 Å². The Morgan fingerprint density at radius 1 is 1.29 bits per heavy atom. The fraction of sp³-hybridized carbons (Fsp3) is 0. The van der Waals surface area contributed by atoms with E-state index in [4.69, 9.17) is 18.0 Å². The third-order valence-corrected chi connectivity index (χ3v) is 1.76. The molecule has 5 nitrogen and oxygen atoms in total. The fourth-order valence-corrected chi connectivity index (χ4v) is 1.21. The Morgan fingerprint density at radius 2 is 2.14 bits per heavy atom. The van der Waals surface area contributed by atoms with Crippen LogP contribution >= 0.6 is 12.2 Å². The highest BCUT2D eigenvalue weighted by Crippen LogP contribution is 2.09. The highest BCUT2D eigenvalue weighted by atomic mass is 32.1. The van der Waals surface area contributed by atoms with Gasteiger partial charge in [0.25, 0.3) is 0 Å². The maximum atomic E-state index is 5.50. The van der Waals surface area contributed by atoms with E-state index >= 15 is 0 Å². The molecule has 0 saturated heterocycles. The van der Waals surface area contributed by atoms with Crippen LogP contribution in [0.1, 0.15) is 0 Å². The van der Waals surface area contributed by atoms with Gasteiger partial charge >= 0.3 is 0 Å². The summed E-state index contributed by atoms with van der Waals surface area (Å²) in [7, 11) is 0. The number of pyridine rings is 1. The van der Waals surface area contributed by atoms with Crippen LogP contribution < -0.4 is 5.73 Å². The monoisotopic (exact) mass is 205 g/mol. The van der Waals surface area contributed by atoms with Gasteiger partial charge in [-0.15, -0.1) is 0 Å². The van der Waals surface area contributed by atoms with Crippen LogP contribution in [0.4, 0.5) is 5.95 Å². The average Bonchev–Trinajstić information content (AvgIpc) is 2.18. The first kappa shape index (κ1) is 8.76. The van der Waals surface area contributed by atoms with E-state index in [1.54, 1.807) is 6.20 Å². The molecule has 14 heavy (non-hydrogen) atoms. The number of nitrogens with two attached hydrogens (primary N) is 1. The molecule has 0 spiro atoms. The van der Waals surface area contributed by atoms with Crippen molar-refractivity contribution in [1.82, 2.24) is 19.9 Å². The molecule has 2 aromatic rings. The molecule has 2 heterocycles. The zero-order valence-electron chi connectivity index (χ0n) is 7.14. The van der Waals surface area contributed by atoms with Gasteiger partial charge in [0.2, 0.25) is 10.7 Å². The quantitative estimate of drug-likeness (QED) is 0.683. The van der Waals surface area contributed by atoms with Gasteiger partial charge in [0.05, 0.1) is 0 Å². The van der Waals surface area contributed by atoms with Crippen LogP contribution in [0.2, 0.25) is 0 Å². The molecule has 0 unspecified atom stereocenters. The summed E-state index contributed by atoms with van der Waals surface area (Å²) in [4.78, 5) is 14.7. The maximum Gasteiger partial charge on any atom is 0.224 e. The van der Waals surface area contributed by atoms with Gasteiger partial charge in [-0.25, -0.2) is 0 Å². The van der Waals surface area contributed by atoms with Gasteiger partial charge in [0.15, 0.2) is 5.82 Å². The molecule has 70 valence electrons. The van der Waals surface area contributed by atoms with Gasteiger partial charge in [-0.2, -0.15) is 9.97 Å². The second-order valence-corrected chi connectivity index (χ2v) is 2.95. The standard InChI is InChI=1S/C8H7N5S/c9-7-11-6(12-8(14)13-7)5-3-1-2-4-10-5/h1-4H,(H3,9,11,12,13,14). The lowest BCUT2D eigenvalue weighted by atomic mass is 10.3. The molecule has 0 radical (unpaired) electrons. The summed E-state index contributed by atoms with van der Waals surface area (Å²) < 4.78 is 0.210. The Morgan fingerprint density at radius 3 is 2.79 bits per heavy atom. The third-order valence-electron chi connectivity index (χ3n) is 1.58. The smallest absolute Gasteiger partial charge is 0.224 e. The summed E-state index contributed by atoms with van der Waals surface area (Å²) >= 11 is 4.84. The Bertz CT molecular complexity index is 493. The van der Waals surface area contributed by atoms with Crippen LogP contribution in [0.25, 0.3) is 11.5 Å². The summed E-state index contributed by atoms with van der Waals surface area (Å²) in [5, 5.41) is 0. The van der Waals surface area contributed by atoms with Crippen LogP contribution in [-0.4, -0.2) is 19.9 Å². The number of hydrogen-bond acceptors (Lipinski definition) is 5. The van der Waals surface area contributed by atoms with E-state index in [1.807, 2.05) is 18.2 Å². The van der Waals surface area contributed by atoms with E-state index in [9.17, 15) is 0 Å². The first-order valence-corrected chi connectivity index (χ1v) is 4.32. The predicted octanol–water partition coefficient (Wildman–Crippen LogP) is 1.18. The van der Waals surface area contributed by atoms with E-state index < -0.39 is 0 Å². The molecule has 0 aliphatic carbocycles. The number of nitrogens with zero attached hydrogens (tertiary/aromatic N) is 3. The lowest BCUT2D eigenvalue weighted by Crippen LogP contribution is -2.00. The Labute approximate surface area is 85.1 Å². The van der Waals surface area contributed by atoms with Gasteiger partial charge < -0.3 is 10.7 Å². The number of aromatic amines is 1. The molecule has 2 rings (SSSR count). The lowest BCUT2D eigenvalue weighted by Gasteiger charge is -1.99. The summed E-state index contributed by atoms with van der Waals surface area (Å²) in [5.41, 5.74) is 6.18. The van der Waals surface area contributed by atoms with Crippen molar-refractivity contribution in [3.63, 3.8) is 0 Å². The molecule has 0 aromatic carbocycles.